The maximum atomic E-state index is 11.9. The van der Waals surface area contributed by atoms with Crippen LogP contribution in [0.15, 0.2) is 22.7 Å². The largest absolute Gasteiger partial charge is 0.352 e. The Balaban J connectivity index is 2.69. The average Bonchev–Trinajstić information content (AvgIpc) is 2.28. The number of benzene rings is 1. The van der Waals surface area contributed by atoms with Crippen LogP contribution in [0, 0.1) is 12.8 Å². The van der Waals surface area contributed by atoms with Crippen LogP contribution in [0.1, 0.15) is 22.8 Å². The fourth-order valence-electron chi connectivity index (χ4n) is 1.26. The molecule has 1 aromatic carbocycles. The summed E-state index contributed by atoms with van der Waals surface area (Å²) < 4.78 is 0.928. The second kappa shape index (κ2) is 6.40. The molecule has 1 N–H and O–H groups in total. The first-order valence-electron chi connectivity index (χ1n) is 5.15. The van der Waals surface area contributed by atoms with E-state index in [0.29, 0.717) is 12.5 Å². The van der Waals surface area contributed by atoms with Crippen molar-refractivity contribution in [3.05, 3.63) is 33.8 Å². The number of halogens is 2. The average molecular weight is 349 g/mol. The number of alkyl halides is 1. The van der Waals surface area contributed by atoms with Crippen LogP contribution < -0.4 is 5.32 Å². The third-order valence-corrected chi connectivity index (χ3v) is 3.92. The van der Waals surface area contributed by atoms with Crippen LogP contribution in [0.25, 0.3) is 0 Å². The van der Waals surface area contributed by atoms with E-state index in [9.17, 15) is 4.79 Å². The van der Waals surface area contributed by atoms with E-state index in [0.717, 1.165) is 20.9 Å². The Morgan fingerprint density at radius 3 is 2.81 bits per heavy atom. The quantitative estimate of drug-likeness (QED) is 0.829. The molecule has 16 heavy (non-hydrogen) atoms. The van der Waals surface area contributed by atoms with Crippen molar-refractivity contribution in [2.75, 3.05) is 11.9 Å². The Kier molecular flexibility index (Phi) is 5.49. The van der Waals surface area contributed by atoms with Crippen LogP contribution in [0.5, 0.6) is 0 Å². The van der Waals surface area contributed by atoms with E-state index in [-0.39, 0.29) is 5.91 Å². The molecule has 88 valence electrons. The van der Waals surface area contributed by atoms with Crippen molar-refractivity contribution in [1.29, 1.82) is 0 Å². The van der Waals surface area contributed by atoms with E-state index in [4.69, 9.17) is 0 Å². The van der Waals surface area contributed by atoms with Gasteiger partial charge in [0.15, 0.2) is 0 Å². The topological polar surface area (TPSA) is 29.1 Å². The highest BCUT2D eigenvalue weighted by atomic mass is 79.9. The summed E-state index contributed by atoms with van der Waals surface area (Å²) in [5, 5.41) is 3.82. The number of amides is 1. The molecule has 0 aromatic heterocycles. The number of carbonyl (C=O) groups is 1. The molecular weight excluding hydrogens is 334 g/mol. The van der Waals surface area contributed by atoms with Gasteiger partial charge in [-0.15, -0.1) is 0 Å². The lowest BCUT2D eigenvalue weighted by atomic mass is 10.1. The second-order valence-corrected chi connectivity index (χ2v) is 5.49. The standard InChI is InChI=1S/C12H15Br2NO/c1-8(6-13)7-15-12(16)11-5-10(14)4-3-9(11)2/h3-5,8H,6-7H2,1-2H3,(H,15,16). The molecule has 1 atom stereocenters. The van der Waals surface area contributed by atoms with Crippen molar-refractivity contribution < 1.29 is 4.79 Å². The molecule has 0 aliphatic heterocycles. The molecule has 0 spiro atoms. The van der Waals surface area contributed by atoms with Crippen LogP contribution in [-0.4, -0.2) is 17.8 Å². The minimum absolute atomic E-state index is 0.00778. The van der Waals surface area contributed by atoms with E-state index in [1.165, 1.54) is 0 Å². The van der Waals surface area contributed by atoms with Crippen molar-refractivity contribution in [3.63, 3.8) is 0 Å². The van der Waals surface area contributed by atoms with Gasteiger partial charge in [0.2, 0.25) is 0 Å². The lowest BCUT2D eigenvalue weighted by Gasteiger charge is -2.11. The summed E-state index contributed by atoms with van der Waals surface area (Å²) in [5.74, 6) is 0.433. The summed E-state index contributed by atoms with van der Waals surface area (Å²) in [4.78, 5) is 11.9. The van der Waals surface area contributed by atoms with Crippen molar-refractivity contribution in [2.24, 2.45) is 5.92 Å². The minimum atomic E-state index is -0.00778. The highest BCUT2D eigenvalue weighted by molar-refractivity contribution is 9.10. The number of rotatable bonds is 4. The molecule has 0 saturated carbocycles. The number of hydrogen-bond donors (Lipinski definition) is 1. The summed E-state index contributed by atoms with van der Waals surface area (Å²) in [7, 11) is 0. The second-order valence-electron chi connectivity index (χ2n) is 3.93. The Morgan fingerprint density at radius 2 is 2.19 bits per heavy atom. The predicted molar refractivity (Wildman–Crippen MR) is 74.2 cm³/mol. The van der Waals surface area contributed by atoms with E-state index in [2.05, 4.69) is 44.1 Å². The number of aryl methyl sites for hydroxylation is 1. The van der Waals surface area contributed by atoms with Gasteiger partial charge in [-0.2, -0.15) is 0 Å². The zero-order chi connectivity index (χ0) is 12.1. The first-order valence-corrected chi connectivity index (χ1v) is 7.06. The zero-order valence-electron chi connectivity index (χ0n) is 9.39. The minimum Gasteiger partial charge on any atom is -0.352 e. The van der Waals surface area contributed by atoms with Gasteiger partial charge in [-0.25, -0.2) is 0 Å². The molecule has 0 fully saturated rings. The highest BCUT2D eigenvalue weighted by Gasteiger charge is 2.10. The molecule has 0 aliphatic carbocycles. The number of hydrogen-bond acceptors (Lipinski definition) is 1. The number of nitrogens with one attached hydrogen (secondary N) is 1. The van der Waals surface area contributed by atoms with Crippen LogP contribution in [0.4, 0.5) is 0 Å². The third kappa shape index (κ3) is 3.91. The Morgan fingerprint density at radius 1 is 1.50 bits per heavy atom. The molecule has 2 nitrogen and oxygen atoms in total. The first kappa shape index (κ1) is 13.7. The Labute approximate surface area is 113 Å². The van der Waals surface area contributed by atoms with Gasteiger partial charge in [-0.3, -0.25) is 4.79 Å². The Hall–Kier alpha value is -0.350. The van der Waals surface area contributed by atoms with E-state index >= 15 is 0 Å². The molecule has 1 unspecified atom stereocenters. The monoisotopic (exact) mass is 347 g/mol. The Bertz CT molecular complexity index is 379. The predicted octanol–water partition coefficient (Wildman–Crippen LogP) is 3.52. The molecule has 0 aliphatic rings. The molecular formula is C12H15Br2NO. The van der Waals surface area contributed by atoms with Gasteiger partial charge in [0, 0.05) is 21.9 Å². The third-order valence-electron chi connectivity index (χ3n) is 2.32. The molecule has 0 heterocycles. The fourth-order valence-corrected chi connectivity index (χ4v) is 1.85. The lowest BCUT2D eigenvalue weighted by Crippen LogP contribution is -2.29. The zero-order valence-corrected chi connectivity index (χ0v) is 12.6. The fraction of sp³-hybridized carbons (Fsp3) is 0.417. The van der Waals surface area contributed by atoms with Crippen molar-refractivity contribution in [3.8, 4) is 0 Å². The molecule has 0 bridgehead atoms. The van der Waals surface area contributed by atoms with Crippen LogP contribution in [-0.2, 0) is 0 Å². The van der Waals surface area contributed by atoms with Gasteiger partial charge >= 0.3 is 0 Å². The van der Waals surface area contributed by atoms with Gasteiger partial charge in [-0.05, 0) is 30.5 Å². The van der Waals surface area contributed by atoms with Gasteiger partial charge < -0.3 is 5.32 Å². The summed E-state index contributed by atoms with van der Waals surface area (Å²) in [6.45, 7) is 4.72. The highest BCUT2D eigenvalue weighted by Crippen LogP contribution is 2.16. The smallest absolute Gasteiger partial charge is 0.251 e. The molecule has 0 saturated heterocycles. The molecule has 1 rings (SSSR count). The van der Waals surface area contributed by atoms with Gasteiger partial charge in [0.05, 0.1) is 0 Å². The van der Waals surface area contributed by atoms with Crippen LogP contribution in [0.3, 0.4) is 0 Å². The van der Waals surface area contributed by atoms with Gasteiger partial charge in [0.1, 0.15) is 0 Å². The number of carbonyl (C=O) groups excluding carboxylic acids is 1. The normalized spacial score (nSPS) is 12.2. The maximum absolute atomic E-state index is 11.9. The van der Waals surface area contributed by atoms with Crippen molar-refractivity contribution in [2.45, 2.75) is 13.8 Å². The summed E-state index contributed by atoms with van der Waals surface area (Å²) in [5.41, 5.74) is 1.73. The molecule has 1 aromatic rings. The molecule has 1 amide bonds. The van der Waals surface area contributed by atoms with Gasteiger partial charge in [-0.1, -0.05) is 44.8 Å². The maximum Gasteiger partial charge on any atom is 0.251 e. The first-order chi connectivity index (χ1) is 7.54. The lowest BCUT2D eigenvalue weighted by molar-refractivity contribution is 0.0948. The van der Waals surface area contributed by atoms with Crippen LogP contribution in [0.2, 0.25) is 0 Å². The summed E-state index contributed by atoms with van der Waals surface area (Å²) in [6.07, 6.45) is 0. The summed E-state index contributed by atoms with van der Waals surface area (Å²) in [6, 6.07) is 5.73. The SMILES string of the molecule is Cc1ccc(Br)cc1C(=O)NCC(C)CBr. The van der Waals surface area contributed by atoms with Crippen molar-refractivity contribution in [1.82, 2.24) is 5.32 Å². The van der Waals surface area contributed by atoms with E-state index in [1.54, 1.807) is 0 Å². The van der Waals surface area contributed by atoms with E-state index in [1.807, 2.05) is 25.1 Å². The summed E-state index contributed by atoms with van der Waals surface area (Å²) >= 11 is 6.76. The molecule has 0 radical (unpaired) electrons. The van der Waals surface area contributed by atoms with E-state index < -0.39 is 0 Å². The van der Waals surface area contributed by atoms with Crippen LogP contribution >= 0.6 is 31.9 Å². The van der Waals surface area contributed by atoms with Gasteiger partial charge in [0.25, 0.3) is 5.91 Å². The molecule has 4 heteroatoms. The van der Waals surface area contributed by atoms with Crippen molar-refractivity contribution >= 4 is 37.8 Å².